The smallest absolute Gasteiger partial charge is 0.257 e. The van der Waals surface area contributed by atoms with Crippen molar-refractivity contribution in [3.63, 3.8) is 0 Å². The zero-order chi connectivity index (χ0) is 17.9. The first-order chi connectivity index (χ1) is 12.7. The van der Waals surface area contributed by atoms with E-state index in [9.17, 15) is 4.79 Å². The van der Waals surface area contributed by atoms with Crippen molar-refractivity contribution >= 4 is 28.9 Å². The summed E-state index contributed by atoms with van der Waals surface area (Å²) in [4.78, 5) is 18.8. The van der Waals surface area contributed by atoms with Gasteiger partial charge in [0.1, 0.15) is 5.15 Å². The second-order valence-electron chi connectivity index (χ2n) is 6.28. The molecule has 0 unspecified atom stereocenters. The van der Waals surface area contributed by atoms with Crippen molar-refractivity contribution in [2.45, 2.75) is 13.0 Å². The lowest BCUT2D eigenvalue weighted by Gasteiger charge is -2.32. The molecule has 0 saturated heterocycles. The van der Waals surface area contributed by atoms with Gasteiger partial charge in [0.25, 0.3) is 5.91 Å². The molecule has 0 fully saturated rings. The van der Waals surface area contributed by atoms with Gasteiger partial charge in [0, 0.05) is 19.3 Å². The summed E-state index contributed by atoms with van der Waals surface area (Å²) < 4.78 is 0. The number of halogens is 1. The summed E-state index contributed by atoms with van der Waals surface area (Å²) in [6.07, 6.45) is 2.48. The second kappa shape index (κ2) is 7.18. The van der Waals surface area contributed by atoms with Gasteiger partial charge in [-0.3, -0.25) is 4.79 Å². The second-order valence-corrected chi connectivity index (χ2v) is 6.67. The van der Waals surface area contributed by atoms with Gasteiger partial charge in [0.05, 0.1) is 16.9 Å². The molecule has 1 aliphatic heterocycles. The van der Waals surface area contributed by atoms with Crippen molar-refractivity contribution in [2.75, 3.05) is 16.8 Å². The number of para-hydroxylation sites is 2. The van der Waals surface area contributed by atoms with E-state index in [0.29, 0.717) is 10.7 Å². The molecule has 0 aliphatic carbocycles. The minimum atomic E-state index is -0.195. The number of pyridine rings is 1. The largest absolute Gasteiger partial charge is 0.365 e. The summed E-state index contributed by atoms with van der Waals surface area (Å²) in [6.45, 7) is 1.76. The number of hydrogen-bond donors (Lipinski definition) is 1. The van der Waals surface area contributed by atoms with E-state index in [-0.39, 0.29) is 5.91 Å². The average molecular weight is 364 g/mol. The van der Waals surface area contributed by atoms with Crippen molar-refractivity contribution in [3.05, 3.63) is 88.7 Å². The number of amides is 1. The summed E-state index contributed by atoms with van der Waals surface area (Å²) in [6, 6.07) is 19.7. The Kier molecular flexibility index (Phi) is 4.59. The van der Waals surface area contributed by atoms with E-state index in [4.69, 9.17) is 11.6 Å². The maximum atomic E-state index is 12.5. The van der Waals surface area contributed by atoms with Gasteiger partial charge in [0.15, 0.2) is 0 Å². The van der Waals surface area contributed by atoms with Crippen LogP contribution in [0.3, 0.4) is 0 Å². The minimum Gasteiger partial charge on any atom is -0.365 e. The molecule has 1 N–H and O–H groups in total. The number of aromatic nitrogens is 1. The molecule has 2 aromatic carbocycles. The standard InChI is InChI=1S/C21H18ClN3O/c22-20-10-9-16(13-23-20)21(26)24-18-7-3-4-8-19(18)25-12-11-15-5-1-2-6-17(15)14-25/h1-10,13H,11-12,14H2,(H,24,26). The molecule has 3 aromatic rings. The molecule has 4 rings (SSSR count). The number of carbonyl (C=O) groups is 1. The molecule has 0 bridgehead atoms. The molecule has 5 heteroatoms. The van der Waals surface area contributed by atoms with Crippen molar-refractivity contribution in [1.82, 2.24) is 4.98 Å². The van der Waals surface area contributed by atoms with E-state index in [1.807, 2.05) is 24.3 Å². The van der Waals surface area contributed by atoms with Crippen LogP contribution in [-0.2, 0) is 13.0 Å². The van der Waals surface area contributed by atoms with Crippen LogP contribution in [-0.4, -0.2) is 17.4 Å². The summed E-state index contributed by atoms with van der Waals surface area (Å²) >= 11 is 5.80. The van der Waals surface area contributed by atoms with Crippen molar-refractivity contribution in [3.8, 4) is 0 Å². The molecule has 130 valence electrons. The van der Waals surface area contributed by atoms with E-state index in [1.165, 1.54) is 17.3 Å². The number of nitrogens with one attached hydrogen (secondary N) is 1. The number of nitrogens with zero attached hydrogens (tertiary/aromatic N) is 2. The molecular weight excluding hydrogens is 346 g/mol. The third kappa shape index (κ3) is 3.41. The predicted octanol–water partition coefficient (Wildman–Crippen LogP) is 4.55. The first-order valence-corrected chi connectivity index (χ1v) is 8.92. The van der Waals surface area contributed by atoms with Gasteiger partial charge in [-0.1, -0.05) is 48.0 Å². The van der Waals surface area contributed by atoms with E-state index >= 15 is 0 Å². The topological polar surface area (TPSA) is 45.2 Å². The van der Waals surface area contributed by atoms with Gasteiger partial charge in [0.2, 0.25) is 0 Å². The monoisotopic (exact) mass is 363 g/mol. The quantitative estimate of drug-likeness (QED) is 0.694. The summed E-state index contributed by atoms with van der Waals surface area (Å²) in [7, 11) is 0. The van der Waals surface area contributed by atoms with Gasteiger partial charge in [-0.15, -0.1) is 0 Å². The molecule has 26 heavy (non-hydrogen) atoms. The van der Waals surface area contributed by atoms with Crippen molar-refractivity contribution in [1.29, 1.82) is 0 Å². The van der Waals surface area contributed by atoms with Crippen LogP contribution < -0.4 is 10.2 Å². The van der Waals surface area contributed by atoms with E-state index < -0.39 is 0 Å². The molecule has 1 aliphatic rings. The molecule has 1 aromatic heterocycles. The fourth-order valence-corrected chi connectivity index (χ4v) is 3.37. The van der Waals surface area contributed by atoms with Crippen LogP contribution in [0, 0.1) is 0 Å². The minimum absolute atomic E-state index is 0.195. The third-order valence-corrected chi connectivity index (χ3v) is 4.84. The molecule has 2 heterocycles. The number of benzene rings is 2. The zero-order valence-electron chi connectivity index (χ0n) is 14.2. The molecule has 4 nitrogen and oxygen atoms in total. The maximum Gasteiger partial charge on any atom is 0.257 e. The van der Waals surface area contributed by atoms with Crippen LogP contribution in [0.2, 0.25) is 5.15 Å². The van der Waals surface area contributed by atoms with Crippen LogP contribution >= 0.6 is 11.6 Å². The highest BCUT2D eigenvalue weighted by Crippen LogP contribution is 2.30. The highest BCUT2D eigenvalue weighted by Gasteiger charge is 2.19. The maximum absolute atomic E-state index is 12.5. The Hall–Kier alpha value is -2.85. The van der Waals surface area contributed by atoms with Crippen LogP contribution in [0.1, 0.15) is 21.5 Å². The summed E-state index contributed by atoms with van der Waals surface area (Å²) in [5, 5.41) is 3.37. The summed E-state index contributed by atoms with van der Waals surface area (Å²) in [5.41, 5.74) is 5.04. The Morgan fingerprint density at radius 2 is 1.77 bits per heavy atom. The molecular formula is C21H18ClN3O. The summed E-state index contributed by atoms with van der Waals surface area (Å²) in [5.74, 6) is -0.195. The lowest BCUT2D eigenvalue weighted by atomic mass is 9.99. The first-order valence-electron chi connectivity index (χ1n) is 8.54. The third-order valence-electron chi connectivity index (χ3n) is 4.61. The van der Waals surface area contributed by atoms with E-state index in [1.54, 1.807) is 12.1 Å². The highest BCUT2D eigenvalue weighted by molar-refractivity contribution is 6.29. The Labute approximate surface area is 157 Å². The first kappa shape index (κ1) is 16.6. The normalized spacial score (nSPS) is 13.2. The van der Waals surface area contributed by atoms with Crippen molar-refractivity contribution < 1.29 is 4.79 Å². The molecule has 0 atom stereocenters. The number of anilines is 2. The van der Waals surface area contributed by atoms with E-state index in [2.05, 4.69) is 39.5 Å². The number of rotatable bonds is 3. The van der Waals surface area contributed by atoms with Gasteiger partial charge in [-0.05, 0) is 41.8 Å². The van der Waals surface area contributed by atoms with Crippen LogP contribution in [0.5, 0.6) is 0 Å². The van der Waals surface area contributed by atoms with Crippen LogP contribution in [0.4, 0.5) is 11.4 Å². The predicted molar refractivity (Wildman–Crippen MR) is 105 cm³/mol. The lowest BCUT2D eigenvalue weighted by molar-refractivity contribution is 0.102. The fraction of sp³-hybridized carbons (Fsp3) is 0.143. The van der Waals surface area contributed by atoms with Gasteiger partial charge in [-0.2, -0.15) is 0 Å². The number of carbonyl (C=O) groups excluding carboxylic acids is 1. The Balaban J connectivity index is 1.57. The SMILES string of the molecule is O=C(Nc1ccccc1N1CCc2ccccc2C1)c1ccc(Cl)nc1. The van der Waals surface area contributed by atoms with Crippen LogP contribution in [0.25, 0.3) is 0 Å². The molecule has 0 radical (unpaired) electrons. The number of fused-ring (bicyclic) bond motifs is 1. The van der Waals surface area contributed by atoms with Crippen LogP contribution in [0.15, 0.2) is 66.9 Å². The van der Waals surface area contributed by atoms with Crippen molar-refractivity contribution in [2.24, 2.45) is 0 Å². The Bertz CT molecular complexity index is 940. The van der Waals surface area contributed by atoms with Gasteiger partial charge >= 0.3 is 0 Å². The van der Waals surface area contributed by atoms with Gasteiger partial charge in [-0.25, -0.2) is 4.98 Å². The van der Waals surface area contributed by atoms with E-state index in [0.717, 1.165) is 30.9 Å². The highest BCUT2D eigenvalue weighted by atomic mass is 35.5. The molecule has 0 spiro atoms. The zero-order valence-corrected chi connectivity index (χ0v) is 14.9. The fourth-order valence-electron chi connectivity index (χ4n) is 3.26. The Morgan fingerprint density at radius 1 is 1.00 bits per heavy atom. The number of hydrogen-bond acceptors (Lipinski definition) is 3. The Morgan fingerprint density at radius 3 is 2.58 bits per heavy atom. The average Bonchev–Trinajstić information content (AvgIpc) is 2.68. The lowest BCUT2D eigenvalue weighted by Crippen LogP contribution is -2.31. The molecule has 1 amide bonds. The molecule has 0 saturated carbocycles. The van der Waals surface area contributed by atoms with Gasteiger partial charge < -0.3 is 10.2 Å².